The van der Waals surface area contributed by atoms with Gasteiger partial charge in [-0.05, 0) is 41.2 Å². The molecule has 0 aromatic heterocycles. The number of carboxylic acid groups (broad SMARTS) is 1. The zero-order valence-electron chi connectivity index (χ0n) is 8.81. The Morgan fingerprint density at radius 1 is 1.56 bits per heavy atom. The maximum Gasteiger partial charge on any atom is 0.335 e. The third-order valence-electron chi connectivity index (χ3n) is 2.50. The van der Waals surface area contributed by atoms with E-state index in [1.807, 2.05) is 7.05 Å². The highest BCUT2D eigenvalue weighted by Crippen LogP contribution is 2.28. The van der Waals surface area contributed by atoms with Gasteiger partial charge in [0.1, 0.15) is 11.9 Å². The van der Waals surface area contributed by atoms with Gasteiger partial charge in [0.25, 0.3) is 0 Å². The molecule has 0 saturated carbocycles. The number of hydrogen-bond acceptors (Lipinski definition) is 3. The monoisotopic (exact) mass is 285 g/mol. The van der Waals surface area contributed by atoms with E-state index in [0.717, 1.165) is 13.1 Å². The zero-order valence-corrected chi connectivity index (χ0v) is 10.4. The molecule has 1 aromatic rings. The third kappa shape index (κ3) is 2.36. The number of rotatable bonds is 3. The van der Waals surface area contributed by atoms with Crippen molar-refractivity contribution in [2.75, 3.05) is 20.1 Å². The van der Waals surface area contributed by atoms with E-state index in [4.69, 9.17) is 9.84 Å². The topological polar surface area (TPSA) is 49.8 Å². The Hall–Kier alpha value is -1.07. The van der Waals surface area contributed by atoms with Gasteiger partial charge in [-0.2, -0.15) is 0 Å². The van der Waals surface area contributed by atoms with Gasteiger partial charge < -0.3 is 9.84 Å². The Morgan fingerprint density at radius 3 is 2.75 bits per heavy atom. The lowest BCUT2D eigenvalue weighted by molar-refractivity contribution is 0.0383. The predicted molar refractivity (Wildman–Crippen MR) is 63.0 cm³/mol. The molecule has 1 aliphatic rings. The van der Waals surface area contributed by atoms with Crippen LogP contribution in [0.4, 0.5) is 0 Å². The number of halogens is 1. The quantitative estimate of drug-likeness (QED) is 0.921. The van der Waals surface area contributed by atoms with Crippen molar-refractivity contribution < 1.29 is 14.6 Å². The van der Waals surface area contributed by atoms with Gasteiger partial charge in [0.05, 0.1) is 10.0 Å². The van der Waals surface area contributed by atoms with E-state index in [1.165, 1.54) is 0 Å². The van der Waals surface area contributed by atoms with Crippen LogP contribution >= 0.6 is 15.9 Å². The van der Waals surface area contributed by atoms with Gasteiger partial charge in [0.15, 0.2) is 0 Å². The van der Waals surface area contributed by atoms with E-state index < -0.39 is 5.97 Å². The number of carboxylic acids is 1. The van der Waals surface area contributed by atoms with Crippen molar-refractivity contribution in [3.05, 3.63) is 28.2 Å². The Balaban J connectivity index is 2.07. The summed E-state index contributed by atoms with van der Waals surface area (Å²) in [6.45, 7) is 1.82. The number of benzene rings is 1. The van der Waals surface area contributed by atoms with Crippen molar-refractivity contribution >= 4 is 21.9 Å². The molecule has 0 amide bonds. The van der Waals surface area contributed by atoms with Crippen LogP contribution in [0.1, 0.15) is 10.4 Å². The average molecular weight is 286 g/mol. The first-order chi connectivity index (χ1) is 7.56. The Kier molecular flexibility index (Phi) is 3.16. The molecule has 1 saturated heterocycles. The van der Waals surface area contributed by atoms with E-state index in [0.29, 0.717) is 10.2 Å². The van der Waals surface area contributed by atoms with E-state index in [1.54, 1.807) is 18.2 Å². The van der Waals surface area contributed by atoms with Crippen LogP contribution < -0.4 is 4.74 Å². The fourth-order valence-electron chi connectivity index (χ4n) is 1.63. The lowest BCUT2D eigenvalue weighted by Gasteiger charge is -2.36. The molecule has 1 heterocycles. The first-order valence-electron chi connectivity index (χ1n) is 4.94. The standard InChI is InChI=1S/C11H12BrNO3/c1-13-5-8(6-13)16-10-3-2-7(11(14)15)4-9(10)12/h2-4,8H,5-6H2,1H3,(H,14,15). The summed E-state index contributed by atoms with van der Waals surface area (Å²) in [7, 11) is 2.03. The number of ether oxygens (including phenoxy) is 1. The number of carbonyl (C=O) groups is 1. The molecule has 1 fully saturated rings. The van der Waals surface area contributed by atoms with E-state index in [-0.39, 0.29) is 11.7 Å². The van der Waals surface area contributed by atoms with Gasteiger partial charge in [-0.15, -0.1) is 0 Å². The second kappa shape index (κ2) is 4.43. The molecular formula is C11H12BrNO3. The highest BCUT2D eigenvalue weighted by Gasteiger charge is 2.25. The van der Waals surface area contributed by atoms with E-state index in [2.05, 4.69) is 20.8 Å². The van der Waals surface area contributed by atoms with Crippen LogP contribution in [0.3, 0.4) is 0 Å². The molecule has 0 aliphatic carbocycles. The van der Waals surface area contributed by atoms with Crippen molar-refractivity contribution in [3.8, 4) is 5.75 Å². The molecule has 0 bridgehead atoms. The van der Waals surface area contributed by atoms with Crippen LogP contribution in [0, 0.1) is 0 Å². The highest BCUT2D eigenvalue weighted by atomic mass is 79.9. The first kappa shape index (κ1) is 11.4. The minimum atomic E-state index is -0.935. The smallest absolute Gasteiger partial charge is 0.335 e. The maximum atomic E-state index is 10.7. The van der Waals surface area contributed by atoms with Gasteiger partial charge in [-0.3, -0.25) is 4.90 Å². The van der Waals surface area contributed by atoms with Gasteiger partial charge in [-0.1, -0.05) is 0 Å². The molecule has 16 heavy (non-hydrogen) atoms. The van der Waals surface area contributed by atoms with Crippen molar-refractivity contribution in [2.24, 2.45) is 0 Å². The van der Waals surface area contributed by atoms with Crippen LogP contribution in [0.5, 0.6) is 5.75 Å². The molecule has 5 heteroatoms. The van der Waals surface area contributed by atoms with Crippen LogP contribution in [-0.4, -0.2) is 42.2 Å². The molecular weight excluding hydrogens is 274 g/mol. The second-order valence-corrected chi connectivity index (χ2v) is 4.77. The predicted octanol–water partition coefficient (Wildman–Crippen LogP) is 1.84. The van der Waals surface area contributed by atoms with E-state index in [9.17, 15) is 4.79 Å². The highest BCUT2D eigenvalue weighted by molar-refractivity contribution is 9.10. The summed E-state index contributed by atoms with van der Waals surface area (Å²) in [5.74, 6) is -0.237. The summed E-state index contributed by atoms with van der Waals surface area (Å²) in [6.07, 6.45) is 0.206. The van der Waals surface area contributed by atoms with Crippen molar-refractivity contribution in [3.63, 3.8) is 0 Å². The average Bonchev–Trinajstić information content (AvgIpc) is 2.18. The fraction of sp³-hybridized carbons (Fsp3) is 0.364. The summed E-state index contributed by atoms with van der Waals surface area (Å²) in [5.41, 5.74) is 0.255. The largest absolute Gasteiger partial charge is 0.487 e. The minimum Gasteiger partial charge on any atom is -0.487 e. The van der Waals surface area contributed by atoms with Crippen molar-refractivity contribution in [1.82, 2.24) is 4.90 Å². The van der Waals surface area contributed by atoms with Gasteiger partial charge in [0, 0.05) is 13.1 Å². The summed E-state index contributed by atoms with van der Waals surface area (Å²) in [4.78, 5) is 12.9. The molecule has 1 N–H and O–H groups in total. The summed E-state index contributed by atoms with van der Waals surface area (Å²) >= 11 is 3.31. The maximum absolute atomic E-state index is 10.7. The normalized spacial score (nSPS) is 16.9. The molecule has 0 radical (unpaired) electrons. The van der Waals surface area contributed by atoms with Crippen molar-refractivity contribution in [1.29, 1.82) is 0 Å². The molecule has 0 unspecified atom stereocenters. The SMILES string of the molecule is CN1CC(Oc2ccc(C(=O)O)cc2Br)C1. The lowest BCUT2D eigenvalue weighted by atomic mass is 10.2. The zero-order chi connectivity index (χ0) is 11.7. The molecule has 4 nitrogen and oxygen atoms in total. The third-order valence-corrected chi connectivity index (χ3v) is 3.12. The molecule has 1 aromatic carbocycles. The number of likely N-dealkylation sites (N-methyl/N-ethyl adjacent to an activating group) is 1. The Labute approximate surface area is 102 Å². The molecule has 0 spiro atoms. The summed E-state index contributed by atoms with van der Waals surface area (Å²) in [6, 6.07) is 4.79. The van der Waals surface area contributed by atoms with Gasteiger partial charge >= 0.3 is 5.97 Å². The van der Waals surface area contributed by atoms with Crippen LogP contribution in [0.25, 0.3) is 0 Å². The second-order valence-electron chi connectivity index (χ2n) is 3.91. The lowest BCUT2D eigenvalue weighted by Crippen LogP contribution is -2.51. The van der Waals surface area contributed by atoms with E-state index >= 15 is 0 Å². The molecule has 2 rings (SSSR count). The van der Waals surface area contributed by atoms with Gasteiger partial charge in [-0.25, -0.2) is 4.79 Å². The number of hydrogen-bond donors (Lipinski definition) is 1. The van der Waals surface area contributed by atoms with Crippen LogP contribution in [0.2, 0.25) is 0 Å². The Morgan fingerprint density at radius 2 is 2.25 bits per heavy atom. The number of nitrogens with zero attached hydrogens (tertiary/aromatic N) is 1. The molecule has 86 valence electrons. The Bertz CT molecular complexity index is 416. The molecule has 0 atom stereocenters. The first-order valence-corrected chi connectivity index (χ1v) is 5.73. The summed E-state index contributed by atoms with van der Waals surface area (Å²) < 4.78 is 6.39. The summed E-state index contributed by atoms with van der Waals surface area (Å²) in [5, 5.41) is 8.81. The van der Waals surface area contributed by atoms with Crippen LogP contribution in [0.15, 0.2) is 22.7 Å². The number of aromatic carboxylic acids is 1. The minimum absolute atomic E-state index is 0.206. The number of likely N-dealkylation sites (tertiary alicyclic amines) is 1. The van der Waals surface area contributed by atoms with Gasteiger partial charge in [0.2, 0.25) is 0 Å². The fourth-order valence-corrected chi connectivity index (χ4v) is 2.10. The molecule has 1 aliphatic heterocycles. The van der Waals surface area contributed by atoms with Crippen LogP contribution in [-0.2, 0) is 0 Å². The van der Waals surface area contributed by atoms with Crippen molar-refractivity contribution in [2.45, 2.75) is 6.10 Å².